The van der Waals surface area contributed by atoms with E-state index in [-0.39, 0.29) is 0 Å². The number of hydrogen-bond donors (Lipinski definition) is 2. The van der Waals surface area contributed by atoms with E-state index < -0.39 is 0 Å². The molecule has 4 nitrogen and oxygen atoms in total. The van der Waals surface area contributed by atoms with Gasteiger partial charge in [0.05, 0.1) is 5.56 Å². The first-order valence-electron chi connectivity index (χ1n) is 7.27. The van der Waals surface area contributed by atoms with Gasteiger partial charge in [0, 0.05) is 18.3 Å². The van der Waals surface area contributed by atoms with Crippen LogP contribution in [0.2, 0.25) is 0 Å². The highest BCUT2D eigenvalue weighted by Gasteiger charge is 2.19. The van der Waals surface area contributed by atoms with Gasteiger partial charge in [-0.2, -0.15) is 5.26 Å². The molecule has 4 heteroatoms. The topological polar surface area (TPSA) is 60.7 Å². The monoisotopic (exact) mass is 256 g/mol. The SMILES string of the molecule is N#Cc1cc2c(nc1NCCCNC1CC1)CCC2. The Kier molecular flexibility index (Phi) is 3.65. The Morgan fingerprint density at radius 3 is 3.00 bits per heavy atom. The van der Waals surface area contributed by atoms with Crippen LogP contribution in [-0.4, -0.2) is 24.1 Å². The van der Waals surface area contributed by atoms with Gasteiger partial charge >= 0.3 is 0 Å². The van der Waals surface area contributed by atoms with Crippen molar-refractivity contribution < 1.29 is 0 Å². The van der Waals surface area contributed by atoms with Crippen LogP contribution in [0.3, 0.4) is 0 Å². The van der Waals surface area contributed by atoms with Crippen LogP contribution in [0.25, 0.3) is 0 Å². The largest absolute Gasteiger partial charge is 0.369 e. The minimum Gasteiger partial charge on any atom is -0.369 e. The summed E-state index contributed by atoms with van der Waals surface area (Å²) in [6, 6.07) is 5.04. The van der Waals surface area contributed by atoms with E-state index >= 15 is 0 Å². The Hall–Kier alpha value is -1.60. The van der Waals surface area contributed by atoms with Crippen molar-refractivity contribution in [3.05, 3.63) is 22.9 Å². The molecule has 100 valence electrons. The highest BCUT2D eigenvalue weighted by atomic mass is 15.0. The number of nitrogens with zero attached hydrogens (tertiary/aromatic N) is 2. The van der Waals surface area contributed by atoms with Gasteiger partial charge in [0.15, 0.2) is 0 Å². The summed E-state index contributed by atoms with van der Waals surface area (Å²) in [5.41, 5.74) is 3.13. The summed E-state index contributed by atoms with van der Waals surface area (Å²) < 4.78 is 0. The first kappa shape index (κ1) is 12.4. The molecule has 0 unspecified atom stereocenters. The quantitative estimate of drug-likeness (QED) is 0.764. The van der Waals surface area contributed by atoms with Crippen LogP contribution in [0.1, 0.15) is 42.5 Å². The zero-order chi connectivity index (χ0) is 13.1. The molecule has 0 amide bonds. The molecule has 2 N–H and O–H groups in total. The molecule has 1 saturated carbocycles. The zero-order valence-electron chi connectivity index (χ0n) is 11.2. The number of aryl methyl sites for hydroxylation is 2. The van der Waals surface area contributed by atoms with E-state index in [0.29, 0.717) is 5.56 Å². The molecule has 3 rings (SSSR count). The first-order valence-corrected chi connectivity index (χ1v) is 7.27. The lowest BCUT2D eigenvalue weighted by Gasteiger charge is -2.10. The van der Waals surface area contributed by atoms with Gasteiger partial charge in [-0.1, -0.05) is 0 Å². The summed E-state index contributed by atoms with van der Waals surface area (Å²) in [7, 11) is 0. The predicted octanol–water partition coefficient (Wildman–Crippen LogP) is 2.00. The molecule has 0 atom stereocenters. The number of anilines is 1. The number of pyridine rings is 1. The van der Waals surface area contributed by atoms with Gasteiger partial charge < -0.3 is 10.6 Å². The maximum absolute atomic E-state index is 9.19. The standard InChI is InChI=1S/C15H20N4/c16-10-12-9-11-3-1-4-14(11)19-15(12)18-8-2-7-17-13-5-6-13/h9,13,17H,1-8H2,(H,18,19). The lowest BCUT2D eigenvalue weighted by atomic mass is 10.1. The summed E-state index contributed by atoms with van der Waals surface area (Å²) in [5.74, 6) is 0.773. The number of aromatic nitrogens is 1. The molecular formula is C15H20N4. The second kappa shape index (κ2) is 5.58. The van der Waals surface area contributed by atoms with Crippen molar-refractivity contribution in [2.75, 3.05) is 18.4 Å². The van der Waals surface area contributed by atoms with Crippen LogP contribution in [0.15, 0.2) is 6.07 Å². The maximum Gasteiger partial charge on any atom is 0.144 e. The Morgan fingerprint density at radius 1 is 1.32 bits per heavy atom. The Bertz CT molecular complexity index is 500. The Morgan fingerprint density at radius 2 is 2.21 bits per heavy atom. The number of nitrogens with one attached hydrogen (secondary N) is 2. The van der Waals surface area contributed by atoms with E-state index in [1.807, 2.05) is 6.07 Å². The average Bonchev–Trinajstić information content (AvgIpc) is 3.14. The van der Waals surface area contributed by atoms with E-state index in [4.69, 9.17) is 0 Å². The Labute approximate surface area is 114 Å². The van der Waals surface area contributed by atoms with Gasteiger partial charge in [-0.15, -0.1) is 0 Å². The summed E-state index contributed by atoms with van der Waals surface area (Å²) in [6.45, 7) is 1.92. The fourth-order valence-corrected chi connectivity index (χ4v) is 2.58. The molecular weight excluding hydrogens is 236 g/mol. The van der Waals surface area contributed by atoms with E-state index in [1.165, 1.54) is 30.5 Å². The Balaban J connectivity index is 1.55. The molecule has 2 aliphatic rings. The third-order valence-electron chi connectivity index (χ3n) is 3.83. The molecule has 0 spiro atoms. The second-order valence-corrected chi connectivity index (χ2v) is 5.46. The van der Waals surface area contributed by atoms with E-state index in [9.17, 15) is 5.26 Å². The smallest absolute Gasteiger partial charge is 0.144 e. The van der Waals surface area contributed by atoms with Crippen LogP contribution >= 0.6 is 0 Å². The minimum absolute atomic E-state index is 0.691. The van der Waals surface area contributed by atoms with Crippen molar-refractivity contribution >= 4 is 5.82 Å². The van der Waals surface area contributed by atoms with E-state index in [2.05, 4.69) is 21.7 Å². The third-order valence-corrected chi connectivity index (χ3v) is 3.83. The van der Waals surface area contributed by atoms with Gasteiger partial charge in [0.2, 0.25) is 0 Å². The fraction of sp³-hybridized carbons (Fsp3) is 0.600. The van der Waals surface area contributed by atoms with E-state index in [1.54, 1.807) is 0 Å². The van der Waals surface area contributed by atoms with Crippen molar-refractivity contribution in [3.63, 3.8) is 0 Å². The average molecular weight is 256 g/mol. The predicted molar refractivity (Wildman–Crippen MR) is 75.1 cm³/mol. The molecule has 1 aromatic heterocycles. The third kappa shape index (κ3) is 3.05. The van der Waals surface area contributed by atoms with Crippen LogP contribution in [0.4, 0.5) is 5.82 Å². The molecule has 0 saturated heterocycles. The number of nitriles is 1. The van der Waals surface area contributed by atoms with Crippen molar-refractivity contribution in [1.29, 1.82) is 5.26 Å². The van der Waals surface area contributed by atoms with Crippen molar-refractivity contribution in [1.82, 2.24) is 10.3 Å². The van der Waals surface area contributed by atoms with Crippen LogP contribution < -0.4 is 10.6 Å². The summed E-state index contributed by atoms with van der Waals surface area (Å²) >= 11 is 0. The van der Waals surface area contributed by atoms with Crippen LogP contribution in [-0.2, 0) is 12.8 Å². The van der Waals surface area contributed by atoms with Crippen LogP contribution in [0, 0.1) is 11.3 Å². The summed E-state index contributed by atoms with van der Waals surface area (Å²) in [5, 5.41) is 16.0. The van der Waals surface area contributed by atoms with Gasteiger partial charge in [0.1, 0.15) is 11.9 Å². The van der Waals surface area contributed by atoms with E-state index in [0.717, 1.165) is 44.2 Å². The fourth-order valence-electron chi connectivity index (χ4n) is 2.58. The van der Waals surface area contributed by atoms with Crippen molar-refractivity contribution in [3.8, 4) is 6.07 Å². The van der Waals surface area contributed by atoms with Crippen molar-refractivity contribution in [2.45, 2.75) is 44.6 Å². The lowest BCUT2D eigenvalue weighted by molar-refractivity contribution is 0.658. The normalized spacial score (nSPS) is 17.0. The van der Waals surface area contributed by atoms with Gasteiger partial charge in [-0.05, 0) is 56.7 Å². The molecule has 2 aliphatic carbocycles. The molecule has 0 radical (unpaired) electrons. The molecule has 19 heavy (non-hydrogen) atoms. The molecule has 1 fully saturated rings. The number of fused-ring (bicyclic) bond motifs is 1. The van der Waals surface area contributed by atoms with Crippen LogP contribution in [0.5, 0.6) is 0 Å². The molecule has 0 aromatic carbocycles. The molecule has 0 aliphatic heterocycles. The number of hydrogen-bond acceptors (Lipinski definition) is 4. The number of rotatable bonds is 6. The highest BCUT2D eigenvalue weighted by Crippen LogP contribution is 2.24. The minimum atomic E-state index is 0.691. The summed E-state index contributed by atoms with van der Waals surface area (Å²) in [6.07, 6.45) is 7.03. The summed E-state index contributed by atoms with van der Waals surface area (Å²) in [4.78, 5) is 4.62. The van der Waals surface area contributed by atoms with Gasteiger partial charge in [-0.25, -0.2) is 4.98 Å². The highest BCUT2D eigenvalue weighted by molar-refractivity contribution is 5.55. The molecule has 1 aromatic rings. The maximum atomic E-state index is 9.19. The second-order valence-electron chi connectivity index (χ2n) is 5.46. The first-order chi connectivity index (χ1) is 9.36. The lowest BCUT2D eigenvalue weighted by Crippen LogP contribution is -2.20. The molecule has 0 bridgehead atoms. The van der Waals surface area contributed by atoms with Crippen molar-refractivity contribution in [2.24, 2.45) is 0 Å². The van der Waals surface area contributed by atoms with Gasteiger partial charge in [-0.3, -0.25) is 0 Å². The van der Waals surface area contributed by atoms with Gasteiger partial charge in [0.25, 0.3) is 0 Å². The zero-order valence-corrected chi connectivity index (χ0v) is 11.2. The molecule has 1 heterocycles.